The zero-order valence-electron chi connectivity index (χ0n) is 26.9. The number of rotatable bonds is 11. The Balaban J connectivity index is 1.12. The molecular weight excluding hydrogens is 657 g/mol. The highest BCUT2D eigenvalue weighted by molar-refractivity contribution is 6.37. The molecule has 47 heavy (non-hydrogen) atoms. The molecule has 2 saturated heterocycles. The van der Waals surface area contributed by atoms with Crippen LogP contribution in [0.25, 0.3) is 0 Å². The highest BCUT2D eigenvalue weighted by Gasteiger charge is 2.40. The molecule has 3 aromatic rings. The minimum atomic E-state index is -0.188. The number of amides is 2. The van der Waals surface area contributed by atoms with Gasteiger partial charge in [-0.1, -0.05) is 53.0 Å². The maximum atomic E-state index is 14.3. The SMILES string of the molecule is CC(=O)NCCc1ccc(Cl)c(CN(C(=O)C2CNCCC2c2ccc(N3CC[C@@H](Oc4c(Cl)cc(C)cc4Cl)C3)nc2)C2CC2)c1. The third-order valence-corrected chi connectivity index (χ3v) is 10.3. The topological polar surface area (TPSA) is 86.8 Å². The fourth-order valence-electron chi connectivity index (χ4n) is 6.78. The van der Waals surface area contributed by atoms with Gasteiger partial charge in [0.2, 0.25) is 11.8 Å². The molecule has 1 aliphatic carbocycles. The van der Waals surface area contributed by atoms with E-state index in [1.807, 2.05) is 42.3 Å². The Morgan fingerprint density at radius 1 is 1.04 bits per heavy atom. The lowest BCUT2D eigenvalue weighted by Gasteiger charge is -2.36. The number of nitrogens with zero attached hydrogens (tertiary/aromatic N) is 3. The number of hydrogen-bond acceptors (Lipinski definition) is 6. The second-order valence-electron chi connectivity index (χ2n) is 13.0. The number of hydrogen-bond donors (Lipinski definition) is 2. The van der Waals surface area contributed by atoms with Crippen molar-refractivity contribution in [3.8, 4) is 5.75 Å². The van der Waals surface area contributed by atoms with Gasteiger partial charge in [-0.2, -0.15) is 0 Å². The summed E-state index contributed by atoms with van der Waals surface area (Å²) < 4.78 is 6.23. The molecular formula is C36H42Cl3N5O3. The van der Waals surface area contributed by atoms with E-state index in [9.17, 15) is 9.59 Å². The second kappa shape index (κ2) is 15.0. The molecule has 3 atom stereocenters. The maximum Gasteiger partial charge on any atom is 0.228 e. The Bertz CT molecular complexity index is 1580. The fourth-order valence-corrected chi connectivity index (χ4v) is 7.64. The van der Waals surface area contributed by atoms with Gasteiger partial charge in [-0.25, -0.2) is 4.98 Å². The van der Waals surface area contributed by atoms with E-state index in [2.05, 4.69) is 33.7 Å². The van der Waals surface area contributed by atoms with Crippen LogP contribution in [0.4, 0.5) is 5.82 Å². The molecule has 1 saturated carbocycles. The average molecular weight is 699 g/mol. The summed E-state index contributed by atoms with van der Waals surface area (Å²) in [5.41, 5.74) is 4.11. The molecule has 0 radical (unpaired) electrons. The van der Waals surface area contributed by atoms with Crippen LogP contribution in [0.1, 0.15) is 60.8 Å². The lowest BCUT2D eigenvalue weighted by atomic mass is 9.80. The minimum Gasteiger partial charge on any atom is -0.485 e. The van der Waals surface area contributed by atoms with E-state index in [1.165, 1.54) is 6.92 Å². The summed E-state index contributed by atoms with van der Waals surface area (Å²) in [6, 6.07) is 14.1. The summed E-state index contributed by atoms with van der Waals surface area (Å²) in [5.74, 6) is 1.44. The summed E-state index contributed by atoms with van der Waals surface area (Å²) in [4.78, 5) is 34.7. The Morgan fingerprint density at radius 2 is 1.83 bits per heavy atom. The van der Waals surface area contributed by atoms with Crippen molar-refractivity contribution in [1.29, 1.82) is 0 Å². The number of nitrogens with one attached hydrogen (secondary N) is 2. The van der Waals surface area contributed by atoms with Gasteiger partial charge in [0.1, 0.15) is 11.9 Å². The summed E-state index contributed by atoms with van der Waals surface area (Å²) in [5, 5.41) is 8.02. The molecule has 0 bridgehead atoms. The van der Waals surface area contributed by atoms with Gasteiger partial charge >= 0.3 is 0 Å². The van der Waals surface area contributed by atoms with E-state index >= 15 is 0 Å². The van der Waals surface area contributed by atoms with Crippen molar-refractivity contribution in [2.45, 2.75) is 70.6 Å². The molecule has 3 aliphatic rings. The average Bonchev–Trinajstić information content (AvgIpc) is 3.79. The molecule has 1 aromatic heterocycles. The predicted octanol–water partition coefficient (Wildman–Crippen LogP) is 6.57. The van der Waals surface area contributed by atoms with E-state index in [0.717, 1.165) is 66.8 Å². The fraction of sp³-hybridized carbons (Fsp3) is 0.472. The first kappa shape index (κ1) is 33.8. The molecule has 3 heterocycles. The zero-order chi connectivity index (χ0) is 33.1. The number of benzene rings is 2. The Labute approximate surface area is 292 Å². The van der Waals surface area contributed by atoms with Crippen LogP contribution >= 0.6 is 34.8 Å². The monoisotopic (exact) mass is 697 g/mol. The van der Waals surface area contributed by atoms with Crippen LogP contribution in [-0.4, -0.2) is 66.6 Å². The number of halogens is 3. The van der Waals surface area contributed by atoms with Crippen molar-refractivity contribution in [2.24, 2.45) is 5.92 Å². The van der Waals surface area contributed by atoms with Crippen LogP contribution < -0.4 is 20.3 Å². The van der Waals surface area contributed by atoms with Crippen LogP contribution in [0.5, 0.6) is 5.75 Å². The zero-order valence-corrected chi connectivity index (χ0v) is 29.2. The van der Waals surface area contributed by atoms with E-state index < -0.39 is 0 Å². The smallest absolute Gasteiger partial charge is 0.228 e. The molecule has 3 fully saturated rings. The molecule has 2 N–H and O–H groups in total. The second-order valence-corrected chi connectivity index (χ2v) is 14.3. The standard InChI is InChI=1S/C36H42Cl3N5O3/c1-22-15-32(38)35(33(39)16-22)47-28-11-14-43(21-28)34-8-4-25(18-42-34)29-10-12-40-19-30(29)36(46)44(27-5-6-27)20-26-17-24(3-7-31(26)37)9-13-41-23(2)45/h3-4,7-8,15-18,27-30,40H,5-6,9-14,19-21H2,1-2H3,(H,41,45)/t28-,29?,30?/m1/s1. The van der Waals surface area contributed by atoms with Gasteiger partial charge in [0, 0.05) is 56.8 Å². The lowest BCUT2D eigenvalue weighted by Crippen LogP contribution is -2.47. The van der Waals surface area contributed by atoms with Gasteiger partial charge in [-0.05, 0) is 91.6 Å². The molecule has 2 amide bonds. The summed E-state index contributed by atoms with van der Waals surface area (Å²) in [6.45, 7) is 7.51. The molecule has 2 unspecified atom stereocenters. The van der Waals surface area contributed by atoms with Gasteiger partial charge in [0.15, 0.2) is 5.75 Å². The van der Waals surface area contributed by atoms with Crippen molar-refractivity contribution >= 4 is 52.4 Å². The first-order chi connectivity index (χ1) is 22.7. The predicted molar refractivity (Wildman–Crippen MR) is 188 cm³/mol. The van der Waals surface area contributed by atoms with Crippen LogP contribution in [0.3, 0.4) is 0 Å². The van der Waals surface area contributed by atoms with E-state index in [4.69, 9.17) is 44.5 Å². The number of ether oxygens (including phenoxy) is 1. The Kier molecular flexibility index (Phi) is 10.8. The molecule has 11 heteroatoms. The van der Waals surface area contributed by atoms with E-state index in [1.54, 1.807) is 0 Å². The lowest BCUT2D eigenvalue weighted by molar-refractivity contribution is -0.138. The van der Waals surface area contributed by atoms with E-state index in [0.29, 0.717) is 53.4 Å². The number of piperidine rings is 1. The summed E-state index contributed by atoms with van der Waals surface area (Å²) >= 11 is 19.5. The molecule has 2 aliphatic heterocycles. The Hall–Kier alpha value is -3.04. The number of aromatic nitrogens is 1. The van der Waals surface area contributed by atoms with Crippen LogP contribution in [0, 0.1) is 12.8 Å². The third kappa shape index (κ3) is 8.34. The van der Waals surface area contributed by atoms with Gasteiger partial charge < -0.3 is 25.2 Å². The van der Waals surface area contributed by atoms with Crippen LogP contribution in [-0.2, 0) is 22.6 Å². The van der Waals surface area contributed by atoms with Crippen LogP contribution in [0.2, 0.25) is 15.1 Å². The maximum absolute atomic E-state index is 14.3. The number of carbonyl (C=O) groups excluding carboxylic acids is 2. The number of pyridine rings is 1. The number of carbonyl (C=O) groups is 2. The van der Waals surface area contributed by atoms with Crippen LogP contribution in [0.15, 0.2) is 48.7 Å². The first-order valence-corrected chi connectivity index (χ1v) is 17.7. The minimum absolute atomic E-state index is 0.0413. The van der Waals surface area contributed by atoms with Crippen molar-refractivity contribution < 1.29 is 14.3 Å². The van der Waals surface area contributed by atoms with Gasteiger partial charge in [-0.3, -0.25) is 9.59 Å². The summed E-state index contributed by atoms with van der Waals surface area (Å²) in [7, 11) is 0. The third-order valence-electron chi connectivity index (χ3n) is 9.40. The largest absolute Gasteiger partial charge is 0.485 e. The highest BCUT2D eigenvalue weighted by atomic mass is 35.5. The van der Waals surface area contributed by atoms with Crippen molar-refractivity contribution in [3.63, 3.8) is 0 Å². The molecule has 6 rings (SSSR count). The highest BCUT2D eigenvalue weighted by Crippen LogP contribution is 2.38. The van der Waals surface area contributed by atoms with Crippen molar-refractivity contribution in [2.75, 3.05) is 37.6 Å². The number of anilines is 1. The molecule has 250 valence electrons. The van der Waals surface area contributed by atoms with Crippen molar-refractivity contribution in [1.82, 2.24) is 20.5 Å². The molecule has 2 aromatic carbocycles. The van der Waals surface area contributed by atoms with E-state index in [-0.39, 0.29) is 35.8 Å². The van der Waals surface area contributed by atoms with Gasteiger partial charge in [0.25, 0.3) is 0 Å². The normalized spacial score (nSPS) is 21.0. The van der Waals surface area contributed by atoms with Gasteiger partial charge in [-0.15, -0.1) is 0 Å². The quantitative estimate of drug-likeness (QED) is 0.236. The first-order valence-electron chi connectivity index (χ1n) is 16.5. The molecule has 8 nitrogen and oxygen atoms in total. The Morgan fingerprint density at radius 3 is 2.53 bits per heavy atom. The molecule has 0 spiro atoms. The summed E-state index contributed by atoms with van der Waals surface area (Å²) in [6.07, 6.45) is 6.34. The van der Waals surface area contributed by atoms with Gasteiger partial charge in [0.05, 0.1) is 22.5 Å². The van der Waals surface area contributed by atoms with Crippen molar-refractivity contribution in [3.05, 3.63) is 86.0 Å². The number of aryl methyl sites for hydroxylation is 1.